The topological polar surface area (TPSA) is 87.6 Å². The minimum absolute atomic E-state index is 0.379. The third kappa shape index (κ3) is 1.94. The monoisotopic (exact) mass is 294 g/mol. The molecule has 2 aromatic heterocycles. The summed E-state index contributed by atoms with van der Waals surface area (Å²) in [6.07, 6.45) is 6.74. The van der Waals surface area contributed by atoms with Crippen LogP contribution in [0.1, 0.15) is 37.3 Å². The molecule has 3 aromatic rings. The van der Waals surface area contributed by atoms with Crippen molar-refractivity contribution in [2.24, 2.45) is 0 Å². The molecule has 6 nitrogen and oxygen atoms in total. The van der Waals surface area contributed by atoms with Crippen LogP contribution >= 0.6 is 0 Å². The first-order valence-corrected chi connectivity index (χ1v) is 7.37. The fourth-order valence-corrected chi connectivity index (χ4v) is 3.33. The van der Waals surface area contributed by atoms with Gasteiger partial charge in [0, 0.05) is 28.7 Å². The van der Waals surface area contributed by atoms with Crippen molar-refractivity contribution >= 4 is 10.9 Å². The van der Waals surface area contributed by atoms with Crippen LogP contribution in [0.25, 0.3) is 22.3 Å². The number of hydrogen-bond donors (Lipinski definition) is 1. The summed E-state index contributed by atoms with van der Waals surface area (Å²) in [6, 6.07) is 8.49. The summed E-state index contributed by atoms with van der Waals surface area (Å²) in [7, 11) is 0. The lowest BCUT2D eigenvalue weighted by molar-refractivity contribution is 0.388. The Morgan fingerprint density at radius 2 is 2.18 bits per heavy atom. The van der Waals surface area contributed by atoms with Gasteiger partial charge >= 0.3 is 5.76 Å². The van der Waals surface area contributed by atoms with Gasteiger partial charge < -0.3 is 4.57 Å². The molecule has 0 aliphatic heterocycles. The lowest BCUT2D eigenvalue weighted by atomic mass is 10.1. The minimum Gasteiger partial charge on any atom is -0.343 e. The maximum absolute atomic E-state index is 11.1. The van der Waals surface area contributed by atoms with Crippen molar-refractivity contribution in [3.05, 3.63) is 40.5 Å². The Morgan fingerprint density at radius 1 is 1.36 bits per heavy atom. The van der Waals surface area contributed by atoms with E-state index in [0.717, 1.165) is 29.3 Å². The smallest absolute Gasteiger partial charge is 0.343 e. The number of aromatic nitrogens is 3. The number of aromatic amines is 1. The summed E-state index contributed by atoms with van der Waals surface area (Å²) >= 11 is 0. The van der Waals surface area contributed by atoms with Gasteiger partial charge in [-0.05, 0) is 31.0 Å². The molecule has 0 radical (unpaired) electrons. The summed E-state index contributed by atoms with van der Waals surface area (Å²) in [5.41, 5.74) is 2.44. The number of nitrogens with zero attached hydrogens (tertiary/aromatic N) is 3. The van der Waals surface area contributed by atoms with Crippen molar-refractivity contribution in [2.75, 3.05) is 0 Å². The van der Waals surface area contributed by atoms with Crippen molar-refractivity contribution in [3.63, 3.8) is 0 Å². The van der Waals surface area contributed by atoms with Crippen molar-refractivity contribution in [2.45, 2.75) is 31.7 Å². The van der Waals surface area contributed by atoms with Gasteiger partial charge in [-0.1, -0.05) is 18.0 Å². The number of H-pyrrole nitrogens is 1. The van der Waals surface area contributed by atoms with Crippen molar-refractivity contribution < 1.29 is 4.52 Å². The van der Waals surface area contributed by atoms with Crippen molar-refractivity contribution in [1.82, 2.24) is 14.7 Å². The van der Waals surface area contributed by atoms with Crippen LogP contribution in [0, 0.1) is 11.3 Å². The molecule has 110 valence electrons. The highest BCUT2D eigenvalue weighted by atomic mass is 16.5. The number of hydrogen-bond acceptors (Lipinski definition) is 4. The summed E-state index contributed by atoms with van der Waals surface area (Å²) < 4.78 is 6.76. The second kappa shape index (κ2) is 4.88. The summed E-state index contributed by atoms with van der Waals surface area (Å²) in [5, 5.41) is 14.0. The first-order chi connectivity index (χ1) is 10.8. The molecule has 0 saturated heterocycles. The Balaban J connectivity index is 1.89. The van der Waals surface area contributed by atoms with Crippen LogP contribution in [0.2, 0.25) is 0 Å². The van der Waals surface area contributed by atoms with Gasteiger partial charge in [0.2, 0.25) is 0 Å². The van der Waals surface area contributed by atoms with Gasteiger partial charge in [-0.15, -0.1) is 0 Å². The highest BCUT2D eigenvalue weighted by molar-refractivity contribution is 5.89. The Kier molecular flexibility index (Phi) is 2.86. The molecule has 0 spiro atoms. The predicted octanol–water partition coefficient (Wildman–Crippen LogP) is 2.97. The van der Waals surface area contributed by atoms with Gasteiger partial charge in [-0.2, -0.15) is 5.26 Å². The zero-order valence-corrected chi connectivity index (χ0v) is 11.9. The lowest BCUT2D eigenvalue weighted by Gasteiger charge is -2.13. The van der Waals surface area contributed by atoms with E-state index >= 15 is 0 Å². The average molecular weight is 294 g/mol. The van der Waals surface area contributed by atoms with Crippen LogP contribution in [0.15, 0.2) is 33.7 Å². The Bertz CT molecular complexity index is 935. The van der Waals surface area contributed by atoms with Gasteiger partial charge in [-0.25, -0.2) is 4.79 Å². The van der Waals surface area contributed by atoms with E-state index in [1.165, 1.54) is 12.8 Å². The van der Waals surface area contributed by atoms with E-state index in [9.17, 15) is 10.1 Å². The maximum atomic E-state index is 11.1. The fourth-order valence-electron chi connectivity index (χ4n) is 3.33. The zero-order valence-electron chi connectivity index (χ0n) is 11.9. The quantitative estimate of drug-likeness (QED) is 0.787. The zero-order chi connectivity index (χ0) is 15.1. The molecular formula is C16H14N4O2. The molecule has 1 fully saturated rings. The molecule has 6 heteroatoms. The molecule has 1 saturated carbocycles. The second-order valence-corrected chi connectivity index (χ2v) is 5.68. The van der Waals surface area contributed by atoms with Gasteiger partial charge in [0.05, 0.1) is 5.56 Å². The molecule has 0 bridgehead atoms. The maximum Gasteiger partial charge on any atom is 0.439 e. The van der Waals surface area contributed by atoms with Crippen LogP contribution in [0.4, 0.5) is 0 Å². The Morgan fingerprint density at radius 3 is 2.86 bits per heavy atom. The summed E-state index contributed by atoms with van der Waals surface area (Å²) in [4.78, 5) is 13.6. The number of rotatable bonds is 2. The van der Waals surface area contributed by atoms with E-state index in [0.29, 0.717) is 17.4 Å². The lowest BCUT2D eigenvalue weighted by Crippen LogP contribution is -2.02. The van der Waals surface area contributed by atoms with Gasteiger partial charge in [0.1, 0.15) is 6.07 Å². The molecule has 1 aromatic carbocycles. The van der Waals surface area contributed by atoms with Crippen LogP contribution in [0.3, 0.4) is 0 Å². The minimum atomic E-state index is -0.584. The molecular weight excluding hydrogens is 280 g/mol. The van der Waals surface area contributed by atoms with E-state index in [-0.39, 0.29) is 0 Å². The fraction of sp³-hybridized carbons (Fsp3) is 0.312. The number of nitriles is 1. The number of fused-ring (bicyclic) bond motifs is 1. The van der Waals surface area contributed by atoms with Crippen LogP contribution in [-0.2, 0) is 0 Å². The Hall–Kier alpha value is -2.81. The van der Waals surface area contributed by atoms with Gasteiger partial charge in [0.15, 0.2) is 5.82 Å². The summed E-state index contributed by atoms with van der Waals surface area (Å²) in [5.74, 6) is -0.205. The number of nitrogens with one attached hydrogen (secondary N) is 1. The molecule has 1 aliphatic rings. The first-order valence-electron chi connectivity index (χ1n) is 7.37. The highest BCUT2D eigenvalue weighted by Gasteiger charge is 2.20. The summed E-state index contributed by atoms with van der Waals surface area (Å²) in [6.45, 7) is 0. The molecule has 0 unspecified atom stereocenters. The molecule has 0 amide bonds. The molecule has 1 N–H and O–H groups in total. The standard InChI is InChI=1S/C16H14N4O2/c17-8-11-9-20(12-3-1-2-4-12)14-6-5-10(7-13(11)14)15-18-16(21)22-19-15/h5-7,9,12H,1-4H2,(H,18,19,21). The van der Waals surface area contributed by atoms with E-state index in [1.807, 2.05) is 24.4 Å². The van der Waals surface area contributed by atoms with Crippen LogP contribution < -0.4 is 5.76 Å². The van der Waals surface area contributed by atoms with Crippen molar-refractivity contribution in [1.29, 1.82) is 5.26 Å². The Labute approximate surface area is 126 Å². The predicted molar refractivity (Wildman–Crippen MR) is 80.3 cm³/mol. The number of benzene rings is 1. The molecule has 4 rings (SSSR count). The second-order valence-electron chi connectivity index (χ2n) is 5.68. The van der Waals surface area contributed by atoms with E-state index in [1.54, 1.807) is 0 Å². The molecule has 0 atom stereocenters. The van der Waals surface area contributed by atoms with Crippen LogP contribution in [-0.4, -0.2) is 14.7 Å². The SMILES string of the molecule is N#Cc1cn(C2CCCC2)c2ccc(-c3noc(=O)[nH]3)cc12. The van der Waals surface area contributed by atoms with Gasteiger partial charge in [-0.3, -0.25) is 9.51 Å². The molecule has 1 aliphatic carbocycles. The third-order valence-corrected chi connectivity index (χ3v) is 4.39. The van der Waals surface area contributed by atoms with Gasteiger partial charge in [0.25, 0.3) is 0 Å². The molecule has 2 heterocycles. The van der Waals surface area contributed by atoms with Crippen LogP contribution in [0.5, 0.6) is 0 Å². The van der Waals surface area contributed by atoms with E-state index < -0.39 is 5.76 Å². The van der Waals surface area contributed by atoms with E-state index in [2.05, 4.69) is 25.3 Å². The normalized spacial score (nSPS) is 15.4. The third-order valence-electron chi connectivity index (χ3n) is 4.39. The first kappa shape index (κ1) is 12.9. The van der Waals surface area contributed by atoms with Crippen molar-refractivity contribution in [3.8, 4) is 17.5 Å². The molecule has 22 heavy (non-hydrogen) atoms. The average Bonchev–Trinajstić information content (AvgIpc) is 3.25. The largest absolute Gasteiger partial charge is 0.439 e. The van der Waals surface area contributed by atoms with E-state index in [4.69, 9.17) is 0 Å². The highest BCUT2D eigenvalue weighted by Crippen LogP contribution is 2.35.